The Morgan fingerprint density at radius 2 is 2.05 bits per heavy atom. The number of carbonyl (C=O) groups is 1. The summed E-state index contributed by atoms with van der Waals surface area (Å²) in [4.78, 5) is 14.8. The van der Waals surface area contributed by atoms with Crippen LogP contribution in [0.5, 0.6) is 0 Å². The number of aliphatic hydroxyl groups is 1. The zero-order chi connectivity index (χ0) is 15.5. The molecule has 0 aromatic heterocycles. The molecule has 1 atom stereocenters. The SMILES string of the molecule is CC(C)(C(=O)N1CCCC(CCO)C1)c1ccc(N)cc1. The van der Waals surface area contributed by atoms with E-state index in [-0.39, 0.29) is 12.5 Å². The number of rotatable bonds is 4. The average Bonchev–Trinajstić information content (AvgIpc) is 2.47. The minimum Gasteiger partial charge on any atom is -0.399 e. The number of hydrogen-bond donors (Lipinski definition) is 2. The van der Waals surface area contributed by atoms with Crippen molar-refractivity contribution in [2.75, 3.05) is 25.4 Å². The van der Waals surface area contributed by atoms with Crippen molar-refractivity contribution in [1.29, 1.82) is 0 Å². The van der Waals surface area contributed by atoms with Crippen molar-refractivity contribution in [3.63, 3.8) is 0 Å². The van der Waals surface area contributed by atoms with E-state index >= 15 is 0 Å². The largest absolute Gasteiger partial charge is 0.399 e. The van der Waals surface area contributed by atoms with Gasteiger partial charge in [0.1, 0.15) is 0 Å². The van der Waals surface area contributed by atoms with Gasteiger partial charge in [0.15, 0.2) is 0 Å². The smallest absolute Gasteiger partial charge is 0.232 e. The van der Waals surface area contributed by atoms with Crippen molar-refractivity contribution < 1.29 is 9.90 Å². The van der Waals surface area contributed by atoms with Gasteiger partial charge in [-0.1, -0.05) is 12.1 Å². The predicted octanol–water partition coefficient (Wildman–Crippen LogP) is 2.17. The van der Waals surface area contributed by atoms with E-state index in [1.165, 1.54) is 0 Å². The van der Waals surface area contributed by atoms with Gasteiger partial charge < -0.3 is 15.7 Å². The Bertz CT molecular complexity index is 480. The Balaban J connectivity index is 2.11. The van der Waals surface area contributed by atoms with Crippen LogP contribution in [0.1, 0.15) is 38.7 Å². The first-order chi connectivity index (χ1) is 9.95. The number of amides is 1. The van der Waals surface area contributed by atoms with E-state index in [1.807, 2.05) is 43.0 Å². The molecule has 1 heterocycles. The summed E-state index contributed by atoms with van der Waals surface area (Å²) in [6, 6.07) is 7.55. The van der Waals surface area contributed by atoms with Crippen molar-refractivity contribution >= 4 is 11.6 Å². The lowest BCUT2D eigenvalue weighted by Crippen LogP contribution is -2.48. The van der Waals surface area contributed by atoms with Crippen molar-refractivity contribution in [2.45, 2.75) is 38.5 Å². The van der Waals surface area contributed by atoms with E-state index in [0.29, 0.717) is 11.6 Å². The van der Waals surface area contributed by atoms with Crippen LogP contribution in [0, 0.1) is 5.92 Å². The summed E-state index contributed by atoms with van der Waals surface area (Å²) in [5, 5.41) is 9.09. The summed E-state index contributed by atoms with van der Waals surface area (Å²) in [5.74, 6) is 0.588. The fourth-order valence-electron chi connectivity index (χ4n) is 3.09. The van der Waals surface area contributed by atoms with Gasteiger partial charge in [-0.3, -0.25) is 4.79 Å². The van der Waals surface area contributed by atoms with Gasteiger partial charge in [0.25, 0.3) is 0 Å². The lowest BCUT2D eigenvalue weighted by atomic mass is 9.82. The second kappa shape index (κ2) is 6.48. The van der Waals surface area contributed by atoms with E-state index in [4.69, 9.17) is 10.8 Å². The molecule has 1 aromatic rings. The van der Waals surface area contributed by atoms with Crippen LogP contribution >= 0.6 is 0 Å². The molecule has 4 heteroatoms. The summed E-state index contributed by atoms with van der Waals surface area (Å²) in [6.07, 6.45) is 2.91. The standard InChI is InChI=1S/C17H26N2O2/c1-17(2,14-5-7-15(18)8-6-14)16(21)19-10-3-4-13(12-19)9-11-20/h5-8,13,20H,3-4,9-12,18H2,1-2H3. The number of anilines is 1. The molecule has 1 saturated heterocycles. The molecule has 3 N–H and O–H groups in total. The van der Waals surface area contributed by atoms with Crippen LogP contribution in [0.2, 0.25) is 0 Å². The summed E-state index contributed by atoms with van der Waals surface area (Å²) in [5.41, 5.74) is 6.88. The fraction of sp³-hybridized carbons (Fsp3) is 0.588. The second-order valence-electron chi connectivity index (χ2n) is 6.52. The highest BCUT2D eigenvalue weighted by Gasteiger charge is 2.35. The number of aliphatic hydroxyl groups excluding tert-OH is 1. The predicted molar refractivity (Wildman–Crippen MR) is 84.9 cm³/mol. The maximum absolute atomic E-state index is 12.9. The maximum Gasteiger partial charge on any atom is 0.232 e. The van der Waals surface area contributed by atoms with Gasteiger partial charge >= 0.3 is 0 Å². The third-order valence-corrected chi connectivity index (χ3v) is 4.51. The molecule has 1 amide bonds. The Morgan fingerprint density at radius 1 is 1.38 bits per heavy atom. The molecule has 0 spiro atoms. The lowest BCUT2D eigenvalue weighted by molar-refractivity contribution is -0.138. The molecule has 0 saturated carbocycles. The number of likely N-dealkylation sites (tertiary alicyclic amines) is 1. The third kappa shape index (κ3) is 3.56. The monoisotopic (exact) mass is 290 g/mol. The van der Waals surface area contributed by atoms with E-state index in [2.05, 4.69) is 0 Å². The second-order valence-corrected chi connectivity index (χ2v) is 6.52. The Hall–Kier alpha value is -1.55. The van der Waals surface area contributed by atoms with Crippen molar-refractivity contribution in [2.24, 2.45) is 5.92 Å². The van der Waals surface area contributed by atoms with E-state index in [9.17, 15) is 4.79 Å². The number of nitrogens with two attached hydrogens (primary N) is 1. The molecule has 4 nitrogen and oxygen atoms in total. The Morgan fingerprint density at radius 3 is 2.67 bits per heavy atom. The molecular formula is C17H26N2O2. The molecule has 1 aromatic carbocycles. The van der Waals surface area contributed by atoms with Crippen LogP contribution < -0.4 is 5.73 Å². The lowest BCUT2D eigenvalue weighted by Gasteiger charge is -2.37. The van der Waals surface area contributed by atoms with Gasteiger partial charge in [-0.2, -0.15) is 0 Å². The van der Waals surface area contributed by atoms with Gasteiger partial charge in [0, 0.05) is 25.4 Å². The highest BCUT2D eigenvalue weighted by Crippen LogP contribution is 2.29. The maximum atomic E-state index is 12.9. The molecule has 116 valence electrons. The molecular weight excluding hydrogens is 264 g/mol. The van der Waals surface area contributed by atoms with Crippen LogP contribution in [-0.2, 0) is 10.2 Å². The molecule has 21 heavy (non-hydrogen) atoms. The molecule has 1 aliphatic rings. The summed E-state index contributed by atoms with van der Waals surface area (Å²) >= 11 is 0. The minimum atomic E-state index is -0.547. The zero-order valence-electron chi connectivity index (χ0n) is 13.0. The molecule has 1 aliphatic heterocycles. The molecule has 1 unspecified atom stereocenters. The number of hydrogen-bond acceptors (Lipinski definition) is 3. The number of nitrogens with zero attached hydrogens (tertiary/aromatic N) is 1. The zero-order valence-corrected chi connectivity index (χ0v) is 13.0. The van der Waals surface area contributed by atoms with Gasteiger partial charge in [-0.25, -0.2) is 0 Å². The summed E-state index contributed by atoms with van der Waals surface area (Å²) in [7, 11) is 0. The van der Waals surface area contributed by atoms with Crippen molar-refractivity contribution in [1.82, 2.24) is 4.90 Å². The summed E-state index contributed by atoms with van der Waals surface area (Å²) < 4.78 is 0. The number of piperidine rings is 1. The van der Waals surface area contributed by atoms with Gasteiger partial charge in [0.05, 0.1) is 5.41 Å². The van der Waals surface area contributed by atoms with Crippen LogP contribution in [0.4, 0.5) is 5.69 Å². The highest BCUT2D eigenvalue weighted by atomic mass is 16.3. The van der Waals surface area contributed by atoms with Gasteiger partial charge in [0.2, 0.25) is 5.91 Å². The van der Waals surface area contributed by atoms with Gasteiger partial charge in [-0.15, -0.1) is 0 Å². The average molecular weight is 290 g/mol. The van der Waals surface area contributed by atoms with Crippen molar-refractivity contribution in [3.8, 4) is 0 Å². The normalized spacial score (nSPS) is 19.6. The van der Waals surface area contributed by atoms with Crippen LogP contribution in [-0.4, -0.2) is 35.6 Å². The number of nitrogen functional groups attached to an aromatic ring is 1. The molecule has 0 aliphatic carbocycles. The first kappa shape index (κ1) is 15.8. The van der Waals surface area contributed by atoms with E-state index in [1.54, 1.807) is 0 Å². The topological polar surface area (TPSA) is 66.6 Å². The minimum absolute atomic E-state index is 0.162. The van der Waals surface area contributed by atoms with Crippen LogP contribution in [0.3, 0.4) is 0 Å². The molecule has 1 fully saturated rings. The quantitative estimate of drug-likeness (QED) is 0.835. The summed E-state index contributed by atoms with van der Waals surface area (Å²) in [6.45, 7) is 5.72. The van der Waals surface area contributed by atoms with Crippen LogP contribution in [0.15, 0.2) is 24.3 Å². The van der Waals surface area contributed by atoms with Crippen molar-refractivity contribution in [3.05, 3.63) is 29.8 Å². The third-order valence-electron chi connectivity index (χ3n) is 4.51. The molecule has 2 rings (SSSR count). The first-order valence-electron chi connectivity index (χ1n) is 7.71. The fourth-order valence-corrected chi connectivity index (χ4v) is 3.09. The highest BCUT2D eigenvalue weighted by molar-refractivity contribution is 5.87. The van der Waals surface area contributed by atoms with E-state index in [0.717, 1.165) is 37.9 Å². The van der Waals surface area contributed by atoms with Gasteiger partial charge in [-0.05, 0) is 56.7 Å². The Labute approximate surface area is 126 Å². The molecule has 0 bridgehead atoms. The molecule has 0 radical (unpaired) electrons. The first-order valence-corrected chi connectivity index (χ1v) is 7.71. The number of benzene rings is 1. The Kier molecular flexibility index (Phi) is 4.88. The van der Waals surface area contributed by atoms with E-state index < -0.39 is 5.41 Å². The van der Waals surface area contributed by atoms with Crippen LogP contribution in [0.25, 0.3) is 0 Å². The number of carbonyl (C=O) groups excluding carboxylic acids is 1.